The molecule has 0 spiro atoms. The minimum absolute atomic E-state index is 0.0988. The lowest BCUT2D eigenvalue weighted by Crippen LogP contribution is -2.36. The molecule has 36 heavy (non-hydrogen) atoms. The summed E-state index contributed by atoms with van der Waals surface area (Å²) >= 11 is 0. The summed E-state index contributed by atoms with van der Waals surface area (Å²) < 4.78 is 9.92. The number of nitrogens with zero attached hydrogens (tertiary/aromatic N) is 2. The van der Waals surface area contributed by atoms with Crippen LogP contribution in [-0.4, -0.2) is 74.2 Å². The zero-order valence-electron chi connectivity index (χ0n) is 21.1. The first-order chi connectivity index (χ1) is 17.0. The highest BCUT2D eigenvalue weighted by Crippen LogP contribution is 2.11. The van der Waals surface area contributed by atoms with E-state index in [1.54, 1.807) is 76.7 Å². The zero-order chi connectivity index (χ0) is 26.8. The minimum Gasteiger partial charge on any atom is -0.438 e. The number of hydrogen-bond donors (Lipinski definition) is 2. The van der Waals surface area contributed by atoms with Crippen molar-refractivity contribution in [3.63, 3.8) is 0 Å². The van der Waals surface area contributed by atoms with E-state index < -0.39 is 24.4 Å². The number of aryl methyl sites for hydroxylation is 2. The van der Waals surface area contributed by atoms with Gasteiger partial charge in [-0.1, -0.05) is 24.3 Å². The third-order valence-corrected chi connectivity index (χ3v) is 5.33. The molecule has 2 atom stereocenters. The maximum absolute atomic E-state index is 12.0. The van der Waals surface area contributed by atoms with Crippen molar-refractivity contribution < 1.29 is 28.7 Å². The molecule has 2 aromatic rings. The molecular formula is C26H34N4O6. The number of carbonyl (C=O) groups excluding carboxylic acids is 4. The third-order valence-electron chi connectivity index (χ3n) is 5.33. The van der Waals surface area contributed by atoms with Crippen LogP contribution in [0.4, 0.5) is 0 Å². The molecule has 0 fully saturated rings. The van der Waals surface area contributed by atoms with Crippen LogP contribution in [0.25, 0.3) is 0 Å². The maximum Gasteiger partial charge on any atom is 0.419 e. The molecule has 2 amide bonds. The number of ether oxygens (including phenoxy) is 2. The molecule has 2 rings (SSSR count). The van der Waals surface area contributed by atoms with E-state index in [-0.39, 0.29) is 24.7 Å². The van der Waals surface area contributed by atoms with E-state index in [1.807, 2.05) is 0 Å². The van der Waals surface area contributed by atoms with Crippen molar-refractivity contribution in [1.82, 2.24) is 9.80 Å². The summed E-state index contributed by atoms with van der Waals surface area (Å²) in [4.78, 5) is 50.9. The largest absolute Gasteiger partial charge is 0.438 e. The summed E-state index contributed by atoms with van der Waals surface area (Å²) in [7, 11) is 6.71. The molecule has 0 heterocycles. The van der Waals surface area contributed by atoms with Crippen LogP contribution >= 0.6 is 0 Å². The van der Waals surface area contributed by atoms with Gasteiger partial charge in [-0.3, -0.25) is 21.1 Å². The Balaban J connectivity index is 1.73. The van der Waals surface area contributed by atoms with Crippen LogP contribution in [0, 0.1) is 0 Å². The van der Waals surface area contributed by atoms with E-state index >= 15 is 0 Å². The van der Waals surface area contributed by atoms with Gasteiger partial charge in [-0.25, -0.2) is 9.59 Å². The SMILES string of the molecule is CN(C)C(=O)c1ccc(CCC(N)OC(=O)C(=O)OC(N)CCc2ccc(C(=O)N(C)C)cc2)cc1. The highest BCUT2D eigenvalue weighted by molar-refractivity contribution is 6.29. The monoisotopic (exact) mass is 498 g/mol. The summed E-state index contributed by atoms with van der Waals surface area (Å²) in [6.07, 6.45) is -0.492. The second-order valence-corrected chi connectivity index (χ2v) is 8.76. The van der Waals surface area contributed by atoms with Crippen LogP contribution in [0.2, 0.25) is 0 Å². The lowest BCUT2D eigenvalue weighted by Gasteiger charge is -2.15. The van der Waals surface area contributed by atoms with Gasteiger partial charge in [-0.15, -0.1) is 0 Å². The molecule has 2 aromatic carbocycles. The van der Waals surface area contributed by atoms with Crippen LogP contribution in [0.15, 0.2) is 48.5 Å². The molecule has 10 heteroatoms. The number of carbonyl (C=O) groups is 4. The zero-order valence-corrected chi connectivity index (χ0v) is 21.1. The Morgan fingerprint density at radius 2 is 0.944 bits per heavy atom. The van der Waals surface area contributed by atoms with E-state index in [9.17, 15) is 19.2 Å². The van der Waals surface area contributed by atoms with Gasteiger partial charge in [0.05, 0.1) is 0 Å². The predicted molar refractivity (Wildman–Crippen MR) is 134 cm³/mol. The molecule has 0 saturated heterocycles. The van der Waals surface area contributed by atoms with Crippen molar-refractivity contribution in [3.8, 4) is 0 Å². The topological polar surface area (TPSA) is 145 Å². The highest BCUT2D eigenvalue weighted by Gasteiger charge is 2.23. The fraction of sp³-hybridized carbons (Fsp3) is 0.385. The molecule has 0 bridgehead atoms. The summed E-state index contributed by atoms with van der Waals surface area (Å²) in [6.45, 7) is 0. The van der Waals surface area contributed by atoms with Crippen LogP contribution in [-0.2, 0) is 31.9 Å². The number of nitrogens with two attached hydrogens (primary N) is 2. The smallest absolute Gasteiger partial charge is 0.419 e. The molecule has 0 saturated carbocycles. The van der Waals surface area contributed by atoms with E-state index in [0.29, 0.717) is 24.0 Å². The Morgan fingerprint density at radius 3 is 1.22 bits per heavy atom. The number of amides is 2. The van der Waals surface area contributed by atoms with Crippen LogP contribution in [0.1, 0.15) is 44.7 Å². The minimum atomic E-state index is -1.21. The molecular weight excluding hydrogens is 464 g/mol. The average molecular weight is 499 g/mol. The lowest BCUT2D eigenvalue weighted by molar-refractivity contribution is -0.174. The van der Waals surface area contributed by atoms with E-state index in [4.69, 9.17) is 20.9 Å². The van der Waals surface area contributed by atoms with Crippen molar-refractivity contribution in [2.75, 3.05) is 28.2 Å². The van der Waals surface area contributed by atoms with Gasteiger partial charge < -0.3 is 19.3 Å². The number of esters is 2. The number of rotatable bonds is 10. The lowest BCUT2D eigenvalue weighted by atomic mass is 10.1. The predicted octanol–water partition coefficient (Wildman–Crippen LogP) is 1.31. The first-order valence-corrected chi connectivity index (χ1v) is 11.5. The average Bonchev–Trinajstić information content (AvgIpc) is 2.85. The number of benzene rings is 2. The number of hydrogen-bond acceptors (Lipinski definition) is 8. The normalized spacial score (nSPS) is 12.3. The Kier molecular flexibility index (Phi) is 10.6. The van der Waals surface area contributed by atoms with Crippen LogP contribution in [0.3, 0.4) is 0 Å². The summed E-state index contributed by atoms with van der Waals surface area (Å²) in [5.41, 5.74) is 14.6. The van der Waals surface area contributed by atoms with Gasteiger partial charge in [0, 0.05) is 52.2 Å². The third kappa shape index (κ3) is 8.79. The van der Waals surface area contributed by atoms with Crippen molar-refractivity contribution in [3.05, 3.63) is 70.8 Å². The molecule has 2 unspecified atom stereocenters. The highest BCUT2D eigenvalue weighted by atomic mass is 16.6. The van der Waals surface area contributed by atoms with Gasteiger partial charge in [0.15, 0.2) is 12.5 Å². The fourth-order valence-corrected chi connectivity index (χ4v) is 3.25. The van der Waals surface area contributed by atoms with Crippen molar-refractivity contribution in [1.29, 1.82) is 0 Å². The summed E-state index contributed by atoms with van der Waals surface area (Å²) in [5, 5.41) is 0. The quantitative estimate of drug-likeness (QED) is 0.283. The van der Waals surface area contributed by atoms with Gasteiger partial charge >= 0.3 is 11.9 Å². The Labute approximate surface area is 211 Å². The second-order valence-electron chi connectivity index (χ2n) is 8.76. The summed E-state index contributed by atoms with van der Waals surface area (Å²) in [6, 6.07) is 14.0. The van der Waals surface area contributed by atoms with Gasteiger partial charge in [-0.05, 0) is 48.2 Å². The van der Waals surface area contributed by atoms with Gasteiger partial charge in [0.25, 0.3) is 11.8 Å². The Hall–Kier alpha value is -3.76. The molecule has 0 aromatic heterocycles. The maximum atomic E-state index is 12.0. The van der Waals surface area contributed by atoms with E-state index in [1.165, 1.54) is 9.80 Å². The fourth-order valence-electron chi connectivity index (χ4n) is 3.25. The second kappa shape index (κ2) is 13.4. The van der Waals surface area contributed by atoms with E-state index in [0.717, 1.165) is 11.1 Å². The Morgan fingerprint density at radius 1 is 0.639 bits per heavy atom. The molecule has 0 aliphatic carbocycles. The first kappa shape index (κ1) is 28.5. The standard InChI is InChI=1S/C26H34N4O6/c1-29(2)23(31)19-11-5-17(6-12-19)9-15-21(27)35-25(33)26(34)36-22(28)16-10-18-7-13-20(14-8-18)24(32)30(3)4/h5-8,11-14,21-22H,9-10,15-16,27-28H2,1-4H3. The molecule has 0 radical (unpaired) electrons. The molecule has 4 N–H and O–H groups in total. The van der Waals surface area contributed by atoms with Crippen molar-refractivity contribution >= 4 is 23.8 Å². The van der Waals surface area contributed by atoms with Crippen LogP contribution < -0.4 is 11.5 Å². The van der Waals surface area contributed by atoms with Gasteiger partial charge in [-0.2, -0.15) is 0 Å². The van der Waals surface area contributed by atoms with Crippen molar-refractivity contribution in [2.24, 2.45) is 11.5 Å². The van der Waals surface area contributed by atoms with Crippen molar-refractivity contribution in [2.45, 2.75) is 38.1 Å². The van der Waals surface area contributed by atoms with Gasteiger partial charge in [0.2, 0.25) is 0 Å². The first-order valence-electron chi connectivity index (χ1n) is 11.5. The van der Waals surface area contributed by atoms with Gasteiger partial charge in [0.1, 0.15) is 0 Å². The van der Waals surface area contributed by atoms with Crippen LogP contribution in [0.5, 0.6) is 0 Å². The molecule has 0 aliphatic heterocycles. The summed E-state index contributed by atoms with van der Waals surface area (Å²) in [5.74, 6) is -2.62. The molecule has 194 valence electrons. The van der Waals surface area contributed by atoms with E-state index in [2.05, 4.69) is 0 Å². The molecule has 10 nitrogen and oxygen atoms in total. The Bertz CT molecular complexity index is 966. The molecule has 0 aliphatic rings.